The molecule has 1 aromatic heterocycles. The number of halogens is 2. The topological polar surface area (TPSA) is 35.5 Å². The summed E-state index contributed by atoms with van der Waals surface area (Å²) < 4.78 is 12.0. The molecule has 0 aliphatic carbocycles. The smallest absolute Gasteiger partial charge is 0.207 e. The minimum atomic E-state index is -0.0814. The van der Waals surface area contributed by atoms with Gasteiger partial charge in [-0.3, -0.25) is 4.79 Å². The summed E-state index contributed by atoms with van der Waals surface area (Å²) in [5.41, 5.74) is 0.498. The number of carbonyl (C=O) groups is 1. The lowest BCUT2D eigenvalue weighted by Crippen LogP contribution is -2.04. The van der Waals surface area contributed by atoms with Gasteiger partial charge in [-0.25, -0.2) is 0 Å². The first-order valence-corrected chi connectivity index (χ1v) is 7.68. The summed E-state index contributed by atoms with van der Waals surface area (Å²) in [7, 11) is 3.10. The first kappa shape index (κ1) is 14.6. The van der Waals surface area contributed by atoms with Gasteiger partial charge in [0.1, 0.15) is 11.5 Å². The van der Waals surface area contributed by atoms with Crippen molar-refractivity contribution in [1.29, 1.82) is 0 Å². The summed E-state index contributed by atoms with van der Waals surface area (Å²) in [6.45, 7) is 0. The van der Waals surface area contributed by atoms with Crippen molar-refractivity contribution in [3.05, 3.63) is 43.0 Å². The maximum atomic E-state index is 12.5. The number of ether oxygens (including phenoxy) is 2. The van der Waals surface area contributed by atoms with Gasteiger partial charge in [0.2, 0.25) is 5.78 Å². The molecule has 0 aliphatic heterocycles. The summed E-state index contributed by atoms with van der Waals surface area (Å²) in [6.07, 6.45) is 0. The predicted octanol–water partition coefficient (Wildman–Crippen LogP) is 4.52. The van der Waals surface area contributed by atoms with E-state index in [1.54, 1.807) is 25.3 Å². The monoisotopic (exact) mass is 404 g/mol. The highest BCUT2D eigenvalue weighted by Gasteiger charge is 2.20. The molecule has 1 aromatic carbocycles. The highest BCUT2D eigenvalue weighted by Crippen LogP contribution is 2.35. The second-order valence-electron chi connectivity index (χ2n) is 3.62. The van der Waals surface area contributed by atoms with E-state index in [9.17, 15) is 4.79 Å². The molecule has 19 heavy (non-hydrogen) atoms. The molecule has 2 rings (SSSR count). The van der Waals surface area contributed by atoms with Crippen molar-refractivity contribution >= 4 is 49.0 Å². The third-order valence-electron chi connectivity index (χ3n) is 2.51. The minimum absolute atomic E-state index is 0.0814. The Bertz CT molecular complexity index is 622. The van der Waals surface area contributed by atoms with Crippen molar-refractivity contribution in [2.24, 2.45) is 0 Å². The Morgan fingerprint density at radius 1 is 1.16 bits per heavy atom. The van der Waals surface area contributed by atoms with Gasteiger partial charge in [-0.15, -0.1) is 11.3 Å². The molecule has 0 aliphatic rings. The van der Waals surface area contributed by atoms with E-state index >= 15 is 0 Å². The average Bonchev–Trinajstić information content (AvgIpc) is 2.83. The lowest BCUT2D eigenvalue weighted by Gasteiger charge is -2.11. The molecular formula is C13H10Br2O3S. The first-order valence-electron chi connectivity index (χ1n) is 5.28. The van der Waals surface area contributed by atoms with Gasteiger partial charge >= 0.3 is 0 Å². The standard InChI is InChI=1S/C13H10Br2O3S/c1-17-7-5-8(14)12(9(6-7)18-2)13(16)10-3-4-11(15)19-10/h3-6H,1-2H3. The van der Waals surface area contributed by atoms with Gasteiger partial charge in [0.15, 0.2) is 0 Å². The maximum absolute atomic E-state index is 12.5. The fourth-order valence-electron chi connectivity index (χ4n) is 1.62. The fraction of sp³-hybridized carbons (Fsp3) is 0.154. The van der Waals surface area contributed by atoms with Crippen molar-refractivity contribution in [2.75, 3.05) is 14.2 Å². The number of benzene rings is 1. The molecule has 0 unspecified atom stereocenters. The van der Waals surface area contributed by atoms with Crippen LogP contribution in [-0.2, 0) is 0 Å². The molecule has 1 heterocycles. The molecule has 0 atom stereocenters. The predicted molar refractivity (Wildman–Crippen MR) is 82.7 cm³/mol. The van der Waals surface area contributed by atoms with Crippen LogP contribution in [0.1, 0.15) is 15.2 Å². The molecule has 6 heteroatoms. The highest BCUT2D eigenvalue weighted by molar-refractivity contribution is 9.11. The zero-order valence-electron chi connectivity index (χ0n) is 10.2. The van der Waals surface area contributed by atoms with Crippen LogP contribution in [0.25, 0.3) is 0 Å². The molecule has 100 valence electrons. The van der Waals surface area contributed by atoms with E-state index in [4.69, 9.17) is 9.47 Å². The molecule has 0 radical (unpaired) electrons. The molecule has 2 aromatic rings. The van der Waals surface area contributed by atoms with Crippen molar-refractivity contribution in [3.63, 3.8) is 0 Å². The van der Waals surface area contributed by atoms with Gasteiger partial charge in [0, 0.05) is 10.5 Å². The summed E-state index contributed by atoms with van der Waals surface area (Å²) in [5, 5.41) is 0. The molecule has 0 fully saturated rings. The van der Waals surface area contributed by atoms with Gasteiger partial charge in [-0.05, 0) is 50.1 Å². The third-order valence-corrected chi connectivity index (χ3v) is 4.76. The third kappa shape index (κ3) is 3.01. The van der Waals surface area contributed by atoms with Crippen LogP contribution >= 0.6 is 43.2 Å². The van der Waals surface area contributed by atoms with Gasteiger partial charge in [0.05, 0.1) is 28.4 Å². The molecule has 0 amide bonds. The molecule has 0 saturated heterocycles. The number of carbonyl (C=O) groups excluding carboxylic acids is 1. The van der Waals surface area contributed by atoms with Gasteiger partial charge in [-0.2, -0.15) is 0 Å². The Kier molecular flexibility index (Phi) is 4.65. The lowest BCUT2D eigenvalue weighted by atomic mass is 10.1. The molecule has 3 nitrogen and oxygen atoms in total. The number of thiophene rings is 1. The zero-order chi connectivity index (χ0) is 14.0. The second-order valence-corrected chi connectivity index (χ2v) is 6.94. The molecule has 0 bridgehead atoms. The van der Waals surface area contributed by atoms with Crippen molar-refractivity contribution < 1.29 is 14.3 Å². The van der Waals surface area contributed by atoms with E-state index < -0.39 is 0 Å². The highest BCUT2D eigenvalue weighted by atomic mass is 79.9. The Morgan fingerprint density at radius 2 is 1.89 bits per heavy atom. The second kappa shape index (κ2) is 6.07. The van der Waals surface area contributed by atoms with E-state index in [-0.39, 0.29) is 5.78 Å². The summed E-state index contributed by atoms with van der Waals surface area (Å²) in [5.74, 6) is 1.04. The Hall–Kier alpha value is -0.850. The van der Waals surface area contributed by atoms with Gasteiger partial charge in [0.25, 0.3) is 0 Å². The normalized spacial score (nSPS) is 10.3. The number of hydrogen-bond donors (Lipinski definition) is 0. The number of rotatable bonds is 4. The minimum Gasteiger partial charge on any atom is -0.497 e. The molecular weight excluding hydrogens is 396 g/mol. The van der Waals surface area contributed by atoms with Crippen LogP contribution in [0.3, 0.4) is 0 Å². The van der Waals surface area contributed by atoms with E-state index in [0.717, 1.165) is 3.79 Å². The van der Waals surface area contributed by atoms with Crippen LogP contribution in [0, 0.1) is 0 Å². The summed E-state index contributed by atoms with van der Waals surface area (Å²) in [4.78, 5) is 13.1. The van der Waals surface area contributed by atoms with E-state index in [0.29, 0.717) is 26.4 Å². The maximum Gasteiger partial charge on any atom is 0.207 e. The molecule has 0 spiro atoms. The van der Waals surface area contributed by atoms with Crippen LogP contribution in [-0.4, -0.2) is 20.0 Å². The van der Waals surface area contributed by atoms with Gasteiger partial charge in [-0.1, -0.05) is 0 Å². The van der Waals surface area contributed by atoms with Crippen LogP contribution in [0.4, 0.5) is 0 Å². The Labute approximate surface area is 131 Å². The number of hydrogen-bond acceptors (Lipinski definition) is 4. The van der Waals surface area contributed by atoms with Crippen molar-refractivity contribution in [1.82, 2.24) is 0 Å². The quantitative estimate of drug-likeness (QED) is 0.701. The summed E-state index contributed by atoms with van der Waals surface area (Å²) >= 11 is 8.14. The van der Waals surface area contributed by atoms with E-state index in [2.05, 4.69) is 31.9 Å². The number of methoxy groups -OCH3 is 2. The van der Waals surface area contributed by atoms with Crippen LogP contribution in [0.15, 0.2) is 32.5 Å². The van der Waals surface area contributed by atoms with Crippen LogP contribution < -0.4 is 9.47 Å². The van der Waals surface area contributed by atoms with Crippen LogP contribution in [0.5, 0.6) is 11.5 Å². The van der Waals surface area contributed by atoms with Gasteiger partial charge < -0.3 is 9.47 Å². The van der Waals surface area contributed by atoms with E-state index in [1.165, 1.54) is 18.4 Å². The summed E-state index contributed by atoms with van der Waals surface area (Å²) in [6, 6.07) is 7.08. The van der Waals surface area contributed by atoms with Crippen LogP contribution in [0.2, 0.25) is 0 Å². The Balaban J connectivity index is 2.52. The molecule has 0 saturated carbocycles. The van der Waals surface area contributed by atoms with E-state index in [1.807, 2.05) is 6.07 Å². The number of ketones is 1. The fourth-order valence-corrected chi connectivity index (χ4v) is 3.55. The SMILES string of the molecule is COc1cc(Br)c(C(=O)c2ccc(Br)s2)c(OC)c1. The average molecular weight is 406 g/mol. The van der Waals surface area contributed by atoms with Crippen molar-refractivity contribution in [3.8, 4) is 11.5 Å². The largest absolute Gasteiger partial charge is 0.497 e. The Morgan fingerprint density at radius 3 is 2.42 bits per heavy atom. The first-order chi connectivity index (χ1) is 9.06. The van der Waals surface area contributed by atoms with Crippen molar-refractivity contribution in [2.45, 2.75) is 0 Å². The zero-order valence-corrected chi connectivity index (χ0v) is 14.2. The molecule has 0 N–H and O–H groups in total. The lowest BCUT2D eigenvalue weighted by molar-refractivity contribution is 0.103.